The number of aliphatic hydroxyl groups excluding tert-OH is 1. The van der Waals surface area contributed by atoms with Gasteiger partial charge < -0.3 is 5.11 Å². The Bertz CT molecular complexity index is 554. The lowest BCUT2D eigenvalue weighted by Crippen LogP contribution is -2.20. The van der Waals surface area contributed by atoms with E-state index in [9.17, 15) is 0 Å². The highest BCUT2D eigenvalue weighted by Gasteiger charge is 2.23. The molecular weight excluding hydrogens is 266 g/mol. The van der Waals surface area contributed by atoms with Crippen molar-refractivity contribution in [2.75, 3.05) is 19.7 Å². The number of hydrogen-bond donors (Lipinski definition) is 1. The van der Waals surface area contributed by atoms with E-state index in [0.717, 1.165) is 36.5 Å². The van der Waals surface area contributed by atoms with E-state index in [1.165, 1.54) is 9.58 Å². The average molecular weight is 282 g/mol. The van der Waals surface area contributed by atoms with Gasteiger partial charge >= 0.3 is 0 Å². The number of fused-ring (bicyclic) bond motifs is 1. The Morgan fingerprint density at radius 3 is 2.94 bits per heavy atom. The number of rotatable bonds is 3. The number of hydrogen-bond acceptors (Lipinski definition) is 3. The Balaban J connectivity index is 1.81. The third-order valence-corrected chi connectivity index (χ3v) is 5.30. The summed E-state index contributed by atoms with van der Waals surface area (Å²) in [7, 11) is 0. The number of thiophene rings is 1. The molecule has 1 aromatic carbocycles. The van der Waals surface area contributed by atoms with E-state index in [1.807, 2.05) is 6.07 Å². The van der Waals surface area contributed by atoms with Crippen molar-refractivity contribution in [1.82, 2.24) is 4.90 Å². The Morgan fingerprint density at radius 1 is 1.39 bits per heavy atom. The topological polar surface area (TPSA) is 23.5 Å². The summed E-state index contributed by atoms with van der Waals surface area (Å²) in [4.78, 5) is 3.63. The van der Waals surface area contributed by atoms with Crippen molar-refractivity contribution in [2.45, 2.75) is 13.0 Å². The van der Waals surface area contributed by atoms with E-state index in [1.54, 1.807) is 11.3 Å². The summed E-state index contributed by atoms with van der Waals surface area (Å²) in [6.45, 7) is 3.27. The first-order valence-corrected chi connectivity index (χ1v) is 7.46. The van der Waals surface area contributed by atoms with Gasteiger partial charge in [-0.2, -0.15) is 0 Å². The summed E-state index contributed by atoms with van der Waals surface area (Å²) in [5.41, 5.74) is 0. The van der Waals surface area contributed by atoms with Crippen LogP contribution in [0.2, 0.25) is 5.02 Å². The molecule has 1 saturated heterocycles. The molecule has 3 rings (SSSR count). The molecule has 1 aliphatic rings. The van der Waals surface area contributed by atoms with Crippen LogP contribution in [0, 0.1) is 5.92 Å². The molecule has 4 heteroatoms. The van der Waals surface area contributed by atoms with Crippen LogP contribution in [0.3, 0.4) is 0 Å². The molecule has 0 amide bonds. The fraction of sp³-hybridized carbons (Fsp3) is 0.429. The van der Waals surface area contributed by atoms with Gasteiger partial charge in [-0.1, -0.05) is 29.8 Å². The molecule has 2 aromatic rings. The maximum atomic E-state index is 9.17. The minimum absolute atomic E-state index is 0.302. The van der Waals surface area contributed by atoms with Crippen LogP contribution >= 0.6 is 22.9 Å². The van der Waals surface area contributed by atoms with E-state index in [4.69, 9.17) is 16.7 Å². The molecule has 1 aliphatic heterocycles. The molecule has 1 N–H and O–H groups in total. The second-order valence-electron chi connectivity index (χ2n) is 4.91. The van der Waals surface area contributed by atoms with Crippen LogP contribution in [-0.2, 0) is 6.54 Å². The van der Waals surface area contributed by atoms with Gasteiger partial charge in [0.25, 0.3) is 0 Å². The fourth-order valence-corrected chi connectivity index (χ4v) is 4.11. The predicted molar refractivity (Wildman–Crippen MR) is 77.3 cm³/mol. The predicted octanol–water partition coefficient (Wildman–Crippen LogP) is 3.37. The highest BCUT2D eigenvalue weighted by atomic mass is 35.5. The molecule has 18 heavy (non-hydrogen) atoms. The average Bonchev–Trinajstić information content (AvgIpc) is 2.97. The Morgan fingerprint density at radius 2 is 2.22 bits per heavy atom. The van der Waals surface area contributed by atoms with Crippen molar-refractivity contribution in [3.05, 3.63) is 34.2 Å². The van der Waals surface area contributed by atoms with Crippen LogP contribution in [0.1, 0.15) is 11.3 Å². The molecule has 1 aromatic heterocycles. The van der Waals surface area contributed by atoms with Gasteiger partial charge in [0.15, 0.2) is 0 Å². The number of likely N-dealkylation sites (tertiary alicyclic amines) is 1. The van der Waals surface area contributed by atoms with Crippen molar-refractivity contribution in [3.63, 3.8) is 0 Å². The van der Waals surface area contributed by atoms with Crippen LogP contribution in [0.4, 0.5) is 0 Å². The summed E-state index contributed by atoms with van der Waals surface area (Å²) >= 11 is 8.22. The van der Waals surface area contributed by atoms with Crippen LogP contribution < -0.4 is 0 Å². The van der Waals surface area contributed by atoms with Crippen LogP contribution in [0.5, 0.6) is 0 Å². The number of nitrogens with zero attached hydrogens (tertiary/aromatic N) is 1. The van der Waals surface area contributed by atoms with Gasteiger partial charge in [0.05, 0.1) is 5.02 Å². The Labute approximate surface area is 116 Å². The fourth-order valence-electron chi connectivity index (χ4n) is 2.57. The van der Waals surface area contributed by atoms with Crippen LogP contribution in [-0.4, -0.2) is 29.7 Å². The van der Waals surface area contributed by atoms with Gasteiger partial charge in [-0.05, 0) is 24.9 Å². The van der Waals surface area contributed by atoms with Crippen molar-refractivity contribution in [2.24, 2.45) is 5.92 Å². The number of aliphatic hydroxyl groups is 1. The molecule has 0 radical (unpaired) electrons. The lowest BCUT2D eigenvalue weighted by molar-refractivity contribution is 0.220. The van der Waals surface area contributed by atoms with Crippen molar-refractivity contribution < 1.29 is 5.11 Å². The molecule has 1 unspecified atom stereocenters. The molecule has 0 saturated carbocycles. The Hall–Kier alpha value is -0.610. The zero-order valence-electron chi connectivity index (χ0n) is 10.1. The second kappa shape index (κ2) is 5.17. The quantitative estimate of drug-likeness (QED) is 0.932. The molecule has 0 spiro atoms. The highest BCUT2D eigenvalue weighted by Crippen LogP contribution is 2.36. The zero-order valence-corrected chi connectivity index (χ0v) is 11.7. The normalized spacial score (nSPS) is 20.9. The molecule has 96 valence electrons. The molecule has 1 atom stereocenters. The van der Waals surface area contributed by atoms with Gasteiger partial charge in [-0.25, -0.2) is 0 Å². The molecule has 1 fully saturated rings. The first-order chi connectivity index (χ1) is 8.78. The van der Waals surface area contributed by atoms with E-state index >= 15 is 0 Å². The molecule has 2 nitrogen and oxygen atoms in total. The molecule has 2 heterocycles. The highest BCUT2D eigenvalue weighted by molar-refractivity contribution is 7.19. The van der Waals surface area contributed by atoms with Crippen molar-refractivity contribution >= 4 is 33.0 Å². The zero-order chi connectivity index (χ0) is 12.5. The maximum absolute atomic E-state index is 9.17. The third kappa shape index (κ3) is 2.28. The van der Waals surface area contributed by atoms with Gasteiger partial charge in [-0.15, -0.1) is 11.3 Å². The number of halogens is 1. The number of benzene rings is 1. The molecule has 0 bridgehead atoms. The van der Waals surface area contributed by atoms with Gasteiger partial charge in [0, 0.05) is 34.7 Å². The first kappa shape index (κ1) is 12.4. The SMILES string of the molecule is OCC1CCN(Cc2sc3ccccc3c2Cl)C1. The van der Waals surface area contributed by atoms with Crippen LogP contribution in [0.15, 0.2) is 24.3 Å². The van der Waals surface area contributed by atoms with E-state index < -0.39 is 0 Å². The standard InChI is InChI=1S/C14H16ClNOS/c15-14-11-3-1-2-4-12(11)18-13(14)8-16-6-5-10(7-16)9-17/h1-4,10,17H,5-9H2. The van der Waals surface area contributed by atoms with E-state index in [0.29, 0.717) is 12.5 Å². The lowest BCUT2D eigenvalue weighted by atomic mass is 10.1. The Kier molecular flexibility index (Phi) is 3.57. The van der Waals surface area contributed by atoms with E-state index in [2.05, 4.69) is 23.1 Å². The van der Waals surface area contributed by atoms with Gasteiger partial charge in [-0.3, -0.25) is 4.90 Å². The smallest absolute Gasteiger partial charge is 0.0637 e. The minimum atomic E-state index is 0.302. The molecular formula is C14H16ClNOS. The second-order valence-corrected chi connectivity index (χ2v) is 6.42. The lowest BCUT2D eigenvalue weighted by Gasteiger charge is -2.14. The van der Waals surface area contributed by atoms with Crippen LogP contribution in [0.25, 0.3) is 10.1 Å². The summed E-state index contributed by atoms with van der Waals surface area (Å²) in [5, 5.41) is 11.2. The summed E-state index contributed by atoms with van der Waals surface area (Å²) in [6, 6.07) is 8.28. The monoisotopic (exact) mass is 281 g/mol. The van der Waals surface area contributed by atoms with Crippen molar-refractivity contribution in [1.29, 1.82) is 0 Å². The van der Waals surface area contributed by atoms with E-state index in [-0.39, 0.29) is 0 Å². The summed E-state index contributed by atoms with van der Waals surface area (Å²) in [5.74, 6) is 0.443. The minimum Gasteiger partial charge on any atom is -0.396 e. The maximum Gasteiger partial charge on any atom is 0.0637 e. The van der Waals surface area contributed by atoms with Gasteiger partial charge in [0.2, 0.25) is 0 Å². The van der Waals surface area contributed by atoms with Crippen molar-refractivity contribution in [3.8, 4) is 0 Å². The largest absolute Gasteiger partial charge is 0.396 e. The first-order valence-electron chi connectivity index (χ1n) is 6.27. The summed E-state index contributed by atoms with van der Waals surface area (Å²) in [6.07, 6.45) is 1.10. The molecule has 0 aliphatic carbocycles. The summed E-state index contributed by atoms with van der Waals surface area (Å²) < 4.78 is 1.26. The third-order valence-electron chi connectivity index (χ3n) is 3.60. The van der Waals surface area contributed by atoms with Gasteiger partial charge in [0.1, 0.15) is 0 Å².